The molecule has 2 heterocycles. The molecule has 1 aromatic carbocycles. The first kappa shape index (κ1) is 12.6. The normalized spacial score (nSPS) is 11.0. The molecular formula is C11H8N8O2. The third-order valence-electron chi connectivity index (χ3n) is 2.54. The molecule has 0 saturated heterocycles. The summed E-state index contributed by atoms with van der Waals surface area (Å²) in [5, 5.41) is 29.5. The van der Waals surface area contributed by atoms with E-state index in [1.54, 1.807) is 24.3 Å². The largest absolute Gasteiger partial charge is 0.270 e. The standard InChI is InChI=1S/C11H8N8O2/c20-19(21)9-3-1-2-8(6-9)7-12-13-10-4-5-11-14-16-17-18(11)15-10/h1-7H,(H,13,15). The number of rotatable bonds is 4. The highest BCUT2D eigenvalue weighted by molar-refractivity contribution is 5.81. The zero-order valence-electron chi connectivity index (χ0n) is 10.5. The predicted octanol–water partition coefficient (Wildman–Crippen LogP) is 0.873. The summed E-state index contributed by atoms with van der Waals surface area (Å²) in [4.78, 5) is 10.2. The zero-order valence-corrected chi connectivity index (χ0v) is 10.5. The van der Waals surface area contributed by atoms with Crippen LogP contribution in [0.1, 0.15) is 5.56 Å². The van der Waals surface area contributed by atoms with Crippen LogP contribution in [-0.4, -0.2) is 36.4 Å². The highest BCUT2D eigenvalue weighted by Gasteiger charge is 2.04. The molecule has 0 aliphatic heterocycles. The molecule has 0 aliphatic carbocycles. The Morgan fingerprint density at radius 1 is 1.33 bits per heavy atom. The van der Waals surface area contributed by atoms with Gasteiger partial charge in [0.1, 0.15) is 0 Å². The monoisotopic (exact) mass is 284 g/mol. The Hall–Kier alpha value is -3.43. The van der Waals surface area contributed by atoms with E-state index >= 15 is 0 Å². The van der Waals surface area contributed by atoms with Crippen LogP contribution in [0.5, 0.6) is 0 Å². The summed E-state index contributed by atoms with van der Waals surface area (Å²) in [5.74, 6) is 0.441. The summed E-state index contributed by atoms with van der Waals surface area (Å²) in [6.07, 6.45) is 1.46. The van der Waals surface area contributed by atoms with Gasteiger partial charge in [-0.3, -0.25) is 15.5 Å². The summed E-state index contributed by atoms with van der Waals surface area (Å²) in [6.45, 7) is 0. The summed E-state index contributed by atoms with van der Waals surface area (Å²) in [6, 6.07) is 9.47. The number of nitro groups is 1. The van der Waals surface area contributed by atoms with Crippen molar-refractivity contribution in [3.8, 4) is 0 Å². The molecule has 0 fully saturated rings. The molecule has 3 aromatic rings. The number of hydrogen-bond donors (Lipinski definition) is 1. The summed E-state index contributed by atoms with van der Waals surface area (Å²) >= 11 is 0. The lowest BCUT2D eigenvalue weighted by Crippen LogP contribution is -2.00. The lowest BCUT2D eigenvalue weighted by atomic mass is 10.2. The lowest BCUT2D eigenvalue weighted by molar-refractivity contribution is -0.384. The molecule has 3 rings (SSSR count). The van der Waals surface area contributed by atoms with Crippen LogP contribution in [-0.2, 0) is 0 Å². The van der Waals surface area contributed by atoms with E-state index in [9.17, 15) is 10.1 Å². The Kier molecular flexibility index (Phi) is 3.17. The number of benzene rings is 1. The van der Waals surface area contributed by atoms with Gasteiger partial charge in [0, 0.05) is 17.7 Å². The molecule has 104 valence electrons. The van der Waals surface area contributed by atoms with Crippen molar-refractivity contribution in [2.24, 2.45) is 5.10 Å². The first-order chi connectivity index (χ1) is 10.2. The number of nitro benzene ring substituents is 1. The van der Waals surface area contributed by atoms with Crippen molar-refractivity contribution < 1.29 is 4.92 Å². The number of non-ortho nitro benzene ring substituents is 1. The second kappa shape index (κ2) is 5.28. The third kappa shape index (κ3) is 2.78. The first-order valence-corrected chi connectivity index (χ1v) is 5.81. The molecule has 2 aromatic heterocycles. The quantitative estimate of drug-likeness (QED) is 0.428. The van der Waals surface area contributed by atoms with E-state index in [1.165, 1.54) is 23.0 Å². The fraction of sp³-hybridized carbons (Fsp3) is 0. The van der Waals surface area contributed by atoms with E-state index < -0.39 is 4.92 Å². The van der Waals surface area contributed by atoms with Crippen molar-refractivity contribution in [1.82, 2.24) is 25.3 Å². The van der Waals surface area contributed by atoms with Gasteiger partial charge in [0.2, 0.25) is 0 Å². The molecule has 10 nitrogen and oxygen atoms in total. The second-order valence-corrected chi connectivity index (χ2v) is 3.97. The van der Waals surface area contributed by atoms with Gasteiger partial charge in [0.25, 0.3) is 5.69 Å². The number of aromatic nitrogens is 5. The van der Waals surface area contributed by atoms with Crippen molar-refractivity contribution in [1.29, 1.82) is 0 Å². The van der Waals surface area contributed by atoms with Gasteiger partial charge >= 0.3 is 0 Å². The number of fused-ring (bicyclic) bond motifs is 1. The average Bonchev–Trinajstić information content (AvgIpc) is 2.95. The van der Waals surface area contributed by atoms with Crippen LogP contribution < -0.4 is 5.43 Å². The van der Waals surface area contributed by atoms with Crippen LogP contribution >= 0.6 is 0 Å². The van der Waals surface area contributed by atoms with E-state index in [4.69, 9.17) is 0 Å². The van der Waals surface area contributed by atoms with Crippen molar-refractivity contribution in [2.45, 2.75) is 0 Å². The van der Waals surface area contributed by atoms with Crippen LogP contribution in [0.2, 0.25) is 0 Å². The molecule has 0 bridgehead atoms. The van der Waals surface area contributed by atoms with Crippen LogP contribution in [0.3, 0.4) is 0 Å². The van der Waals surface area contributed by atoms with Gasteiger partial charge in [0.05, 0.1) is 11.1 Å². The van der Waals surface area contributed by atoms with Gasteiger partial charge in [-0.1, -0.05) is 12.1 Å². The summed E-state index contributed by atoms with van der Waals surface area (Å²) < 4.78 is 1.26. The molecule has 0 radical (unpaired) electrons. The van der Waals surface area contributed by atoms with E-state index in [2.05, 4.69) is 31.2 Å². The second-order valence-electron chi connectivity index (χ2n) is 3.97. The van der Waals surface area contributed by atoms with Crippen molar-refractivity contribution in [2.75, 3.05) is 5.43 Å². The Morgan fingerprint density at radius 2 is 2.24 bits per heavy atom. The minimum absolute atomic E-state index is 0.00665. The van der Waals surface area contributed by atoms with Crippen LogP contribution in [0.4, 0.5) is 11.5 Å². The molecule has 21 heavy (non-hydrogen) atoms. The molecule has 10 heteroatoms. The molecule has 0 atom stereocenters. The average molecular weight is 284 g/mol. The van der Waals surface area contributed by atoms with E-state index in [0.717, 1.165) is 0 Å². The predicted molar refractivity (Wildman–Crippen MR) is 72.9 cm³/mol. The van der Waals surface area contributed by atoms with Crippen molar-refractivity contribution in [3.63, 3.8) is 0 Å². The number of nitrogens with zero attached hydrogens (tertiary/aromatic N) is 7. The van der Waals surface area contributed by atoms with Gasteiger partial charge < -0.3 is 0 Å². The fourth-order valence-electron chi connectivity index (χ4n) is 1.60. The van der Waals surface area contributed by atoms with E-state index in [1.807, 2.05) is 0 Å². The highest BCUT2D eigenvalue weighted by atomic mass is 16.6. The maximum atomic E-state index is 10.7. The number of hydrazone groups is 1. The number of nitrogens with one attached hydrogen (secondary N) is 1. The fourth-order valence-corrected chi connectivity index (χ4v) is 1.60. The Morgan fingerprint density at radius 3 is 3.10 bits per heavy atom. The molecule has 0 aliphatic rings. The van der Waals surface area contributed by atoms with Gasteiger partial charge in [-0.2, -0.15) is 5.10 Å². The highest BCUT2D eigenvalue weighted by Crippen LogP contribution is 2.11. The molecule has 0 unspecified atom stereocenters. The van der Waals surface area contributed by atoms with Crippen LogP contribution in [0.15, 0.2) is 41.5 Å². The smallest absolute Gasteiger partial charge is 0.260 e. The number of tetrazole rings is 1. The van der Waals surface area contributed by atoms with Crippen molar-refractivity contribution in [3.05, 3.63) is 52.1 Å². The Labute approximate surface area is 117 Å². The van der Waals surface area contributed by atoms with E-state index in [-0.39, 0.29) is 5.69 Å². The Bertz CT molecular complexity index is 828. The molecule has 0 amide bonds. The lowest BCUT2D eigenvalue weighted by Gasteiger charge is -1.98. The van der Waals surface area contributed by atoms with Gasteiger partial charge in [-0.25, -0.2) is 0 Å². The van der Waals surface area contributed by atoms with Crippen LogP contribution in [0, 0.1) is 10.1 Å². The molecular weight excluding hydrogens is 276 g/mol. The molecule has 0 spiro atoms. The minimum atomic E-state index is -0.460. The topological polar surface area (TPSA) is 124 Å². The number of anilines is 1. The maximum Gasteiger partial charge on any atom is 0.270 e. The van der Waals surface area contributed by atoms with Crippen molar-refractivity contribution >= 4 is 23.4 Å². The zero-order chi connectivity index (χ0) is 14.7. The third-order valence-corrected chi connectivity index (χ3v) is 2.54. The summed E-state index contributed by atoms with van der Waals surface area (Å²) in [5.41, 5.74) is 3.82. The Balaban J connectivity index is 1.74. The molecule has 0 saturated carbocycles. The maximum absolute atomic E-state index is 10.7. The minimum Gasteiger partial charge on any atom is -0.260 e. The number of hydrogen-bond acceptors (Lipinski definition) is 8. The van der Waals surface area contributed by atoms with Crippen LogP contribution in [0.25, 0.3) is 5.65 Å². The first-order valence-electron chi connectivity index (χ1n) is 5.81. The van der Waals surface area contributed by atoms with Gasteiger partial charge in [-0.05, 0) is 22.6 Å². The SMILES string of the molecule is O=[N+]([O-])c1cccc(C=NNc2ccc3nnnn3n2)c1. The van der Waals surface area contributed by atoms with Gasteiger partial charge in [0.15, 0.2) is 11.5 Å². The molecule has 1 N–H and O–H groups in total. The van der Waals surface area contributed by atoms with Gasteiger partial charge in [-0.15, -0.1) is 14.8 Å². The summed E-state index contributed by atoms with van der Waals surface area (Å²) in [7, 11) is 0. The van der Waals surface area contributed by atoms with E-state index in [0.29, 0.717) is 17.0 Å².